The highest BCUT2D eigenvalue weighted by atomic mass is 32.2. The molecule has 0 aliphatic carbocycles. The molecule has 0 bridgehead atoms. The van der Waals surface area contributed by atoms with Gasteiger partial charge in [-0.1, -0.05) is 6.07 Å². The van der Waals surface area contributed by atoms with Crippen LogP contribution in [0.2, 0.25) is 0 Å². The largest absolute Gasteiger partial charge is 0.492 e. The van der Waals surface area contributed by atoms with E-state index in [2.05, 4.69) is 21.1 Å². The molecule has 0 fully saturated rings. The molecule has 0 aliphatic heterocycles. The fraction of sp³-hybridized carbons (Fsp3) is 0.312. The zero-order valence-corrected chi connectivity index (χ0v) is 14.3. The molecular formula is C16H21N3O3S. The molecule has 7 heteroatoms. The van der Waals surface area contributed by atoms with E-state index in [0.717, 1.165) is 16.9 Å². The van der Waals surface area contributed by atoms with Gasteiger partial charge in [0.15, 0.2) is 0 Å². The molecule has 2 N–H and O–H groups in total. The Morgan fingerprint density at radius 2 is 1.83 bits per heavy atom. The zero-order chi connectivity index (χ0) is 16.9. The molecule has 1 aromatic heterocycles. The van der Waals surface area contributed by atoms with Gasteiger partial charge in [0.05, 0.1) is 6.54 Å². The van der Waals surface area contributed by atoms with E-state index in [1.54, 1.807) is 6.07 Å². The molecule has 1 aromatic carbocycles. The Balaban J connectivity index is 1.85. The van der Waals surface area contributed by atoms with Crippen LogP contribution in [0.15, 0.2) is 41.4 Å². The smallest absolute Gasteiger partial charge is 0.241 e. The summed E-state index contributed by atoms with van der Waals surface area (Å²) < 4.78 is 31.1. The quantitative estimate of drug-likeness (QED) is 0.758. The molecule has 0 saturated heterocycles. The SMILES string of the molecule is CNS(=O)(=O)c1ccc(NCCOc2cc(C)cc(C)c2)nc1. The van der Waals surface area contributed by atoms with Gasteiger partial charge in [0.25, 0.3) is 0 Å². The van der Waals surface area contributed by atoms with Gasteiger partial charge in [-0.3, -0.25) is 0 Å². The van der Waals surface area contributed by atoms with E-state index >= 15 is 0 Å². The first kappa shape index (κ1) is 17.2. The van der Waals surface area contributed by atoms with Gasteiger partial charge in [-0.15, -0.1) is 0 Å². The summed E-state index contributed by atoms with van der Waals surface area (Å²) >= 11 is 0. The molecule has 0 aliphatic rings. The number of sulfonamides is 1. The molecule has 2 rings (SSSR count). The summed E-state index contributed by atoms with van der Waals surface area (Å²) in [5.41, 5.74) is 2.33. The zero-order valence-electron chi connectivity index (χ0n) is 13.5. The van der Waals surface area contributed by atoms with Crippen molar-refractivity contribution in [1.82, 2.24) is 9.71 Å². The lowest BCUT2D eigenvalue weighted by atomic mass is 10.1. The third kappa shape index (κ3) is 4.94. The molecule has 0 amide bonds. The van der Waals surface area contributed by atoms with Gasteiger partial charge < -0.3 is 10.1 Å². The maximum Gasteiger partial charge on any atom is 0.241 e. The van der Waals surface area contributed by atoms with Crippen LogP contribution in [-0.4, -0.2) is 33.6 Å². The van der Waals surface area contributed by atoms with E-state index in [0.29, 0.717) is 19.0 Å². The minimum Gasteiger partial charge on any atom is -0.492 e. The van der Waals surface area contributed by atoms with Gasteiger partial charge in [0, 0.05) is 6.20 Å². The van der Waals surface area contributed by atoms with Crippen molar-refractivity contribution in [3.63, 3.8) is 0 Å². The fourth-order valence-corrected chi connectivity index (χ4v) is 2.80. The molecule has 0 unspecified atom stereocenters. The van der Waals surface area contributed by atoms with Crippen LogP contribution in [-0.2, 0) is 10.0 Å². The van der Waals surface area contributed by atoms with E-state index in [1.165, 1.54) is 19.3 Å². The Bertz CT molecular complexity index is 738. The van der Waals surface area contributed by atoms with Crippen molar-refractivity contribution in [3.8, 4) is 5.75 Å². The Labute approximate surface area is 137 Å². The normalized spacial score (nSPS) is 11.3. The fourth-order valence-electron chi connectivity index (χ4n) is 2.13. The van der Waals surface area contributed by atoms with E-state index in [9.17, 15) is 8.42 Å². The second-order valence-corrected chi connectivity index (χ2v) is 7.07. The van der Waals surface area contributed by atoms with Crippen molar-refractivity contribution in [1.29, 1.82) is 0 Å². The Morgan fingerprint density at radius 3 is 2.39 bits per heavy atom. The Morgan fingerprint density at radius 1 is 1.13 bits per heavy atom. The lowest BCUT2D eigenvalue weighted by Gasteiger charge is -2.10. The first-order valence-corrected chi connectivity index (χ1v) is 8.73. The number of hydrogen-bond acceptors (Lipinski definition) is 5. The second-order valence-electron chi connectivity index (χ2n) is 5.19. The molecule has 6 nitrogen and oxygen atoms in total. The summed E-state index contributed by atoms with van der Waals surface area (Å²) in [6.07, 6.45) is 1.32. The van der Waals surface area contributed by atoms with Crippen LogP contribution >= 0.6 is 0 Å². The molecule has 0 spiro atoms. The molecular weight excluding hydrogens is 314 g/mol. The average Bonchev–Trinajstić information content (AvgIpc) is 2.51. The molecule has 0 saturated carbocycles. The monoisotopic (exact) mass is 335 g/mol. The van der Waals surface area contributed by atoms with Crippen LogP contribution in [0.25, 0.3) is 0 Å². The number of rotatable bonds is 7. The van der Waals surface area contributed by atoms with Crippen molar-refractivity contribution in [2.24, 2.45) is 0 Å². The molecule has 2 aromatic rings. The minimum absolute atomic E-state index is 0.136. The van der Waals surface area contributed by atoms with Gasteiger partial charge in [0.1, 0.15) is 23.1 Å². The second kappa shape index (κ2) is 7.43. The summed E-state index contributed by atoms with van der Waals surface area (Å²) in [7, 11) is -2.08. The number of nitrogens with zero attached hydrogens (tertiary/aromatic N) is 1. The number of pyridine rings is 1. The Kier molecular flexibility index (Phi) is 5.57. The van der Waals surface area contributed by atoms with Gasteiger partial charge in [0.2, 0.25) is 10.0 Å². The number of hydrogen-bond donors (Lipinski definition) is 2. The maximum absolute atomic E-state index is 11.6. The van der Waals surface area contributed by atoms with Crippen LogP contribution in [0.5, 0.6) is 5.75 Å². The van der Waals surface area contributed by atoms with Crippen molar-refractivity contribution < 1.29 is 13.2 Å². The highest BCUT2D eigenvalue weighted by Crippen LogP contribution is 2.16. The van der Waals surface area contributed by atoms with E-state index < -0.39 is 10.0 Å². The molecule has 23 heavy (non-hydrogen) atoms. The number of anilines is 1. The van der Waals surface area contributed by atoms with Crippen molar-refractivity contribution >= 4 is 15.8 Å². The molecule has 0 radical (unpaired) electrons. The number of benzene rings is 1. The van der Waals surface area contributed by atoms with Crippen LogP contribution < -0.4 is 14.8 Å². The van der Waals surface area contributed by atoms with Crippen LogP contribution in [0.4, 0.5) is 5.82 Å². The number of nitrogens with one attached hydrogen (secondary N) is 2. The van der Waals surface area contributed by atoms with Crippen LogP contribution in [0.3, 0.4) is 0 Å². The predicted molar refractivity (Wildman–Crippen MR) is 90.4 cm³/mol. The molecule has 0 atom stereocenters. The minimum atomic E-state index is -3.45. The first-order chi connectivity index (χ1) is 10.9. The van der Waals surface area contributed by atoms with E-state index in [-0.39, 0.29) is 4.90 Å². The Hall–Kier alpha value is -2.12. The van der Waals surface area contributed by atoms with Gasteiger partial charge >= 0.3 is 0 Å². The lowest BCUT2D eigenvalue weighted by Crippen LogP contribution is -2.19. The highest BCUT2D eigenvalue weighted by molar-refractivity contribution is 7.89. The summed E-state index contributed by atoms with van der Waals surface area (Å²) in [5, 5.41) is 3.09. The van der Waals surface area contributed by atoms with Gasteiger partial charge in [-0.2, -0.15) is 0 Å². The number of aromatic nitrogens is 1. The summed E-state index contributed by atoms with van der Waals surface area (Å²) in [4.78, 5) is 4.22. The summed E-state index contributed by atoms with van der Waals surface area (Å²) in [5.74, 6) is 1.44. The van der Waals surface area contributed by atoms with Gasteiger partial charge in [-0.25, -0.2) is 18.1 Å². The third-order valence-corrected chi connectivity index (χ3v) is 4.59. The number of aryl methyl sites for hydroxylation is 2. The van der Waals surface area contributed by atoms with Crippen molar-refractivity contribution in [3.05, 3.63) is 47.7 Å². The lowest BCUT2D eigenvalue weighted by molar-refractivity contribution is 0.332. The van der Waals surface area contributed by atoms with Crippen LogP contribution in [0.1, 0.15) is 11.1 Å². The van der Waals surface area contributed by atoms with E-state index in [4.69, 9.17) is 4.74 Å². The topological polar surface area (TPSA) is 80.3 Å². The third-order valence-electron chi connectivity index (χ3n) is 3.19. The standard InChI is InChI=1S/C16H21N3O3S/c1-12-8-13(2)10-14(9-12)22-7-6-18-16-5-4-15(11-19-16)23(20,21)17-3/h4-5,8-11,17H,6-7H2,1-3H3,(H,18,19). The number of ether oxygens (including phenoxy) is 1. The molecule has 124 valence electrons. The maximum atomic E-state index is 11.6. The van der Waals surface area contributed by atoms with Crippen molar-refractivity contribution in [2.75, 3.05) is 25.5 Å². The first-order valence-electron chi connectivity index (χ1n) is 7.25. The molecule has 1 heterocycles. The summed E-state index contributed by atoms with van der Waals surface area (Å²) in [6.45, 7) is 5.12. The van der Waals surface area contributed by atoms with E-state index in [1.807, 2.05) is 26.0 Å². The summed E-state index contributed by atoms with van der Waals surface area (Å²) in [6, 6.07) is 9.20. The van der Waals surface area contributed by atoms with Crippen LogP contribution in [0, 0.1) is 13.8 Å². The van der Waals surface area contributed by atoms with Crippen molar-refractivity contribution in [2.45, 2.75) is 18.7 Å². The van der Waals surface area contributed by atoms with Gasteiger partial charge in [-0.05, 0) is 56.3 Å². The predicted octanol–water partition coefficient (Wildman–Crippen LogP) is 2.10. The average molecular weight is 335 g/mol. The highest BCUT2D eigenvalue weighted by Gasteiger charge is 2.11.